The van der Waals surface area contributed by atoms with E-state index in [9.17, 15) is 29.4 Å². The molecule has 0 spiro atoms. The second-order valence-electron chi connectivity index (χ2n) is 9.46. The van der Waals surface area contributed by atoms with Gasteiger partial charge in [0.05, 0.1) is 11.1 Å². The SMILES string of the molecule is CCCCCCCC(=O)Nc1ccc(C(=O)O)c([O-])c1.CCCCCCCC(=O)Nc1ccc(C(=O)O)c([O-])c1.[Zn+2]. The molecule has 2 aromatic carbocycles. The number of aromatic carboxylic acids is 2. The van der Waals surface area contributed by atoms with Crippen LogP contribution in [0.25, 0.3) is 0 Å². The zero-order valence-corrected chi connectivity index (χ0v) is 27.0. The molecule has 0 heterocycles. The zero-order chi connectivity index (χ0) is 29.9. The van der Waals surface area contributed by atoms with Gasteiger partial charge in [-0.1, -0.05) is 76.7 Å². The summed E-state index contributed by atoms with van der Waals surface area (Å²) in [5.74, 6) is -4.02. The zero-order valence-electron chi connectivity index (χ0n) is 24.0. The van der Waals surface area contributed by atoms with Crippen molar-refractivity contribution < 1.29 is 59.1 Å². The summed E-state index contributed by atoms with van der Waals surface area (Å²) in [5, 5.41) is 45.6. The molecule has 220 valence electrons. The first-order valence-electron chi connectivity index (χ1n) is 13.8. The van der Waals surface area contributed by atoms with Gasteiger partial charge in [-0.25, -0.2) is 9.59 Å². The third-order valence-electron chi connectivity index (χ3n) is 6.01. The fourth-order valence-corrected chi connectivity index (χ4v) is 3.78. The molecule has 0 bridgehead atoms. The van der Waals surface area contributed by atoms with Crippen molar-refractivity contribution in [2.24, 2.45) is 0 Å². The third kappa shape index (κ3) is 15.8. The number of rotatable bonds is 16. The van der Waals surface area contributed by atoms with Crippen LogP contribution in [-0.2, 0) is 29.1 Å². The van der Waals surface area contributed by atoms with Gasteiger partial charge in [-0.2, -0.15) is 0 Å². The Morgan fingerprint density at radius 3 is 1.24 bits per heavy atom. The fourth-order valence-electron chi connectivity index (χ4n) is 3.78. The van der Waals surface area contributed by atoms with Crippen LogP contribution in [0.1, 0.15) is 112 Å². The molecule has 0 aliphatic carbocycles. The first-order valence-corrected chi connectivity index (χ1v) is 13.8. The van der Waals surface area contributed by atoms with E-state index >= 15 is 0 Å². The normalized spacial score (nSPS) is 10.0. The number of carbonyl (C=O) groups excluding carboxylic acids is 2. The minimum absolute atomic E-state index is 0. The van der Waals surface area contributed by atoms with Gasteiger partial charge in [-0.15, -0.1) is 0 Å². The topological polar surface area (TPSA) is 179 Å². The van der Waals surface area contributed by atoms with E-state index in [0.717, 1.165) is 63.5 Å². The Bertz CT molecular complexity index is 1040. The number of carboxylic acid groups (broad SMARTS) is 2. The van der Waals surface area contributed by atoms with Crippen molar-refractivity contribution in [3.8, 4) is 11.5 Å². The van der Waals surface area contributed by atoms with Crippen molar-refractivity contribution in [3.63, 3.8) is 0 Å². The summed E-state index contributed by atoms with van der Waals surface area (Å²) in [6.45, 7) is 4.27. The van der Waals surface area contributed by atoms with Gasteiger partial charge in [0, 0.05) is 24.2 Å². The summed E-state index contributed by atoms with van der Waals surface area (Å²) >= 11 is 0. The minimum Gasteiger partial charge on any atom is -0.872 e. The van der Waals surface area contributed by atoms with Gasteiger partial charge in [0.25, 0.3) is 0 Å². The summed E-state index contributed by atoms with van der Waals surface area (Å²) < 4.78 is 0. The van der Waals surface area contributed by atoms with Crippen molar-refractivity contribution in [1.29, 1.82) is 0 Å². The molecule has 0 radical (unpaired) electrons. The summed E-state index contributed by atoms with van der Waals surface area (Å²) in [4.78, 5) is 44.7. The Morgan fingerprint density at radius 2 is 0.951 bits per heavy atom. The van der Waals surface area contributed by atoms with Gasteiger partial charge in [0.1, 0.15) is 0 Å². The summed E-state index contributed by atoms with van der Waals surface area (Å²) in [6, 6.07) is 7.56. The van der Waals surface area contributed by atoms with Crippen LogP contribution in [0.5, 0.6) is 11.5 Å². The van der Waals surface area contributed by atoms with Crippen molar-refractivity contribution in [2.45, 2.75) is 90.9 Å². The van der Waals surface area contributed by atoms with E-state index in [2.05, 4.69) is 24.5 Å². The molecule has 11 heteroatoms. The van der Waals surface area contributed by atoms with E-state index in [-0.39, 0.29) is 42.4 Å². The van der Waals surface area contributed by atoms with Gasteiger partial charge in [-0.3, -0.25) is 9.59 Å². The first-order chi connectivity index (χ1) is 19.1. The molecule has 0 aliphatic heterocycles. The van der Waals surface area contributed by atoms with E-state index < -0.39 is 23.4 Å². The second kappa shape index (κ2) is 21.3. The first kappa shape index (κ1) is 37.5. The van der Waals surface area contributed by atoms with Gasteiger partial charge in [0.2, 0.25) is 11.8 Å². The summed E-state index contributed by atoms with van der Waals surface area (Å²) in [5.41, 5.74) is 0.113. The molecule has 0 atom stereocenters. The number of carbonyl (C=O) groups is 4. The number of nitrogens with one attached hydrogen (secondary N) is 2. The van der Waals surface area contributed by atoms with Crippen molar-refractivity contribution in [1.82, 2.24) is 0 Å². The molecule has 2 amide bonds. The smallest absolute Gasteiger partial charge is 0.872 e. The number of unbranched alkanes of at least 4 members (excludes halogenated alkanes) is 8. The molecule has 41 heavy (non-hydrogen) atoms. The van der Waals surface area contributed by atoms with E-state index in [4.69, 9.17) is 10.2 Å². The largest absolute Gasteiger partial charge is 2.00 e. The van der Waals surface area contributed by atoms with Crippen molar-refractivity contribution in [3.05, 3.63) is 47.5 Å². The molecule has 0 saturated heterocycles. The Morgan fingerprint density at radius 1 is 0.610 bits per heavy atom. The molecular weight excluding hydrogens is 582 g/mol. The maximum absolute atomic E-state index is 11.6. The molecule has 0 fully saturated rings. The summed E-state index contributed by atoms with van der Waals surface area (Å²) in [6.07, 6.45) is 11.4. The molecule has 2 aromatic rings. The van der Waals surface area contributed by atoms with E-state index in [1.165, 1.54) is 37.1 Å². The van der Waals surface area contributed by atoms with Gasteiger partial charge in [-0.05, 0) is 49.2 Å². The van der Waals surface area contributed by atoms with E-state index in [0.29, 0.717) is 24.2 Å². The fraction of sp³-hybridized carbons (Fsp3) is 0.467. The van der Waals surface area contributed by atoms with Crippen LogP contribution < -0.4 is 20.8 Å². The molecule has 4 N–H and O–H groups in total. The quantitative estimate of drug-likeness (QED) is 0.140. The standard InChI is InChI=1S/2C15H21NO4.Zn/c2*1-2-3-4-5-6-7-14(18)16-11-8-9-12(15(19)20)13(17)10-11;/h2*8-10,17H,2-7H2,1H3,(H,16,18)(H,19,20);/q;;+2/p-2. The van der Waals surface area contributed by atoms with E-state index in [1.54, 1.807) is 0 Å². The Kier molecular flexibility index (Phi) is 19.5. The van der Waals surface area contributed by atoms with Crippen LogP contribution in [-0.4, -0.2) is 34.0 Å². The third-order valence-corrected chi connectivity index (χ3v) is 6.01. The Balaban J connectivity index is 0.000000762. The number of hydrogen-bond acceptors (Lipinski definition) is 6. The van der Waals surface area contributed by atoms with Gasteiger partial charge in [0.15, 0.2) is 0 Å². The van der Waals surface area contributed by atoms with Crippen LogP contribution in [0.15, 0.2) is 36.4 Å². The number of benzene rings is 2. The minimum atomic E-state index is -1.26. The van der Waals surface area contributed by atoms with Gasteiger partial charge < -0.3 is 31.1 Å². The molecule has 0 unspecified atom stereocenters. The van der Waals surface area contributed by atoms with Crippen molar-refractivity contribution >= 4 is 35.1 Å². The molecule has 2 rings (SSSR count). The predicted octanol–water partition coefficient (Wildman–Crippen LogP) is 5.51. The average molecular weight is 622 g/mol. The molecular formula is C30H40N2O8Zn. The molecule has 0 saturated carbocycles. The van der Waals surface area contributed by atoms with Crippen LogP contribution >= 0.6 is 0 Å². The molecule has 10 nitrogen and oxygen atoms in total. The second-order valence-corrected chi connectivity index (χ2v) is 9.46. The van der Waals surface area contributed by atoms with Crippen LogP contribution in [0.2, 0.25) is 0 Å². The number of anilines is 2. The summed E-state index contributed by atoms with van der Waals surface area (Å²) in [7, 11) is 0. The maximum Gasteiger partial charge on any atom is 2.00 e. The Hall–Kier alpha value is -3.46. The van der Waals surface area contributed by atoms with Crippen LogP contribution in [0.3, 0.4) is 0 Å². The van der Waals surface area contributed by atoms with Crippen LogP contribution in [0, 0.1) is 0 Å². The number of amides is 2. The number of hydrogen-bond donors (Lipinski definition) is 4. The monoisotopic (exact) mass is 620 g/mol. The van der Waals surface area contributed by atoms with Crippen LogP contribution in [0.4, 0.5) is 11.4 Å². The number of carboxylic acids is 2. The predicted molar refractivity (Wildman–Crippen MR) is 150 cm³/mol. The van der Waals surface area contributed by atoms with Gasteiger partial charge >= 0.3 is 31.4 Å². The van der Waals surface area contributed by atoms with E-state index in [1.807, 2.05) is 0 Å². The van der Waals surface area contributed by atoms with Crippen molar-refractivity contribution in [2.75, 3.05) is 10.6 Å². The average Bonchev–Trinajstić information content (AvgIpc) is 2.88. The molecule has 0 aromatic heterocycles. The maximum atomic E-state index is 11.6. The molecule has 0 aliphatic rings. The Labute approximate surface area is 254 Å².